The van der Waals surface area contributed by atoms with Crippen molar-refractivity contribution >= 4 is 35.2 Å². The van der Waals surface area contributed by atoms with E-state index in [0.717, 1.165) is 5.56 Å². The highest BCUT2D eigenvalue weighted by Gasteiger charge is 2.43. The second-order valence-corrected chi connectivity index (χ2v) is 14.9. The van der Waals surface area contributed by atoms with Crippen molar-refractivity contribution in [2.24, 2.45) is 17.8 Å². The Balaban J connectivity index is 1.48. The van der Waals surface area contributed by atoms with E-state index in [2.05, 4.69) is 10.6 Å². The van der Waals surface area contributed by atoms with Crippen LogP contribution >= 0.6 is 0 Å². The van der Waals surface area contributed by atoms with Gasteiger partial charge < -0.3 is 20.4 Å². The van der Waals surface area contributed by atoms with Crippen molar-refractivity contribution in [3.8, 4) is 0 Å². The molecule has 2 N–H and O–H groups in total. The summed E-state index contributed by atoms with van der Waals surface area (Å²) in [6.07, 6.45) is 1.46. The molecule has 2 saturated heterocycles. The number of anilines is 1. The van der Waals surface area contributed by atoms with Crippen LogP contribution in [0.2, 0.25) is 0 Å². The van der Waals surface area contributed by atoms with Crippen molar-refractivity contribution in [1.82, 2.24) is 25.1 Å². The minimum Gasteiger partial charge on any atom is -0.343 e. The smallest absolute Gasteiger partial charge is 0.279 e. The van der Waals surface area contributed by atoms with Gasteiger partial charge in [0, 0.05) is 20.0 Å². The molecule has 278 valence electrons. The minimum absolute atomic E-state index is 0.0227. The van der Waals surface area contributed by atoms with E-state index >= 15 is 0 Å². The normalized spacial score (nSPS) is 19.4. The first-order chi connectivity index (χ1) is 24.1. The number of carbonyl (C=O) groups is 5. The van der Waals surface area contributed by atoms with Gasteiger partial charge in [-0.25, -0.2) is 5.06 Å². The number of hydrogen-bond acceptors (Lipinski definition) is 7. The molecular formula is C39H56N6O6. The molecule has 2 aromatic carbocycles. The van der Waals surface area contributed by atoms with Crippen molar-refractivity contribution < 1.29 is 28.8 Å². The maximum absolute atomic E-state index is 14.3. The number of rotatable bonds is 13. The zero-order chi connectivity index (χ0) is 37.6. The molecule has 12 heteroatoms. The van der Waals surface area contributed by atoms with E-state index in [9.17, 15) is 24.0 Å². The molecule has 2 fully saturated rings. The maximum atomic E-state index is 14.3. The highest BCUT2D eigenvalue weighted by atomic mass is 16.7. The summed E-state index contributed by atoms with van der Waals surface area (Å²) in [5.41, 5.74) is 1.61. The van der Waals surface area contributed by atoms with Crippen LogP contribution in [0.15, 0.2) is 54.6 Å². The molecule has 0 aromatic heterocycles. The Labute approximate surface area is 302 Å². The Hall–Kier alpha value is -4.29. The molecule has 1 unspecified atom stereocenters. The quantitative estimate of drug-likeness (QED) is 0.317. The van der Waals surface area contributed by atoms with Crippen molar-refractivity contribution in [2.45, 2.75) is 91.1 Å². The van der Waals surface area contributed by atoms with Gasteiger partial charge in [-0.3, -0.25) is 33.7 Å². The fourth-order valence-electron chi connectivity index (χ4n) is 7.28. The first kappa shape index (κ1) is 39.5. The SMILES string of the molecule is CC(C)[C@H](NC(=O)[C@H](C(C)C)N(C)C)C(=O)N(C)[C@H](C(=O)N1CCC[C@H]1C(=O)Nc1ccccc1C(=O)N1CCC(c2ccccc2)O1)C(C)C. The van der Waals surface area contributed by atoms with Gasteiger partial charge in [0.1, 0.15) is 24.2 Å². The number of para-hydroxylation sites is 1. The van der Waals surface area contributed by atoms with Crippen LogP contribution in [0, 0.1) is 17.8 Å². The number of hydroxylamine groups is 2. The maximum Gasteiger partial charge on any atom is 0.279 e. The van der Waals surface area contributed by atoms with Crippen LogP contribution in [0.4, 0.5) is 5.69 Å². The van der Waals surface area contributed by atoms with E-state index in [4.69, 9.17) is 4.84 Å². The molecule has 0 aliphatic carbocycles. The van der Waals surface area contributed by atoms with Gasteiger partial charge in [-0.15, -0.1) is 0 Å². The van der Waals surface area contributed by atoms with E-state index in [1.165, 1.54) is 9.96 Å². The molecule has 4 rings (SSSR count). The Morgan fingerprint density at radius 2 is 1.41 bits per heavy atom. The van der Waals surface area contributed by atoms with Gasteiger partial charge in [-0.1, -0.05) is 84.0 Å². The van der Waals surface area contributed by atoms with E-state index in [1.807, 2.05) is 90.9 Å². The van der Waals surface area contributed by atoms with Gasteiger partial charge in [0.2, 0.25) is 23.6 Å². The summed E-state index contributed by atoms with van der Waals surface area (Å²) in [4.78, 5) is 79.9. The third-order valence-electron chi connectivity index (χ3n) is 9.84. The lowest BCUT2D eigenvalue weighted by Gasteiger charge is -2.38. The first-order valence-electron chi connectivity index (χ1n) is 18.1. The zero-order valence-corrected chi connectivity index (χ0v) is 31.6. The third-order valence-corrected chi connectivity index (χ3v) is 9.84. The number of amides is 5. The van der Waals surface area contributed by atoms with Gasteiger partial charge in [-0.05, 0) is 62.4 Å². The monoisotopic (exact) mass is 704 g/mol. The second-order valence-electron chi connectivity index (χ2n) is 14.9. The fraction of sp³-hybridized carbons (Fsp3) is 0.564. The average molecular weight is 705 g/mol. The molecule has 5 atom stereocenters. The highest BCUT2D eigenvalue weighted by Crippen LogP contribution is 2.31. The summed E-state index contributed by atoms with van der Waals surface area (Å²) in [5.74, 6) is -2.19. The van der Waals surface area contributed by atoms with E-state index in [1.54, 1.807) is 36.2 Å². The number of hydrogen-bond donors (Lipinski definition) is 2. The minimum atomic E-state index is -0.863. The topological polar surface area (TPSA) is 132 Å². The van der Waals surface area contributed by atoms with E-state index in [0.29, 0.717) is 38.0 Å². The van der Waals surface area contributed by atoms with Crippen LogP contribution in [-0.4, -0.2) is 108 Å². The van der Waals surface area contributed by atoms with Gasteiger partial charge in [0.25, 0.3) is 5.91 Å². The summed E-state index contributed by atoms with van der Waals surface area (Å²) in [6, 6.07) is 13.6. The van der Waals surface area contributed by atoms with Crippen molar-refractivity contribution in [3.63, 3.8) is 0 Å². The Kier molecular flexibility index (Phi) is 13.4. The summed E-state index contributed by atoms with van der Waals surface area (Å²) in [6.45, 7) is 12.1. The van der Waals surface area contributed by atoms with Gasteiger partial charge in [0.15, 0.2) is 0 Å². The zero-order valence-electron chi connectivity index (χ0n) is 31.6. The number of benzene rings is 2. The number of carbonyl (C=O) groups excluding carboxylic acids is 5. The molecule has 12 nitrogen and oxygen atoms in total. The van der Waals surface area contributed by atoms with E-state index < -0.39 is 30.1 Å². The molecule has 0 bridgehead atoms. The van der Waals surface area contributed by atoms with Crippen molar-refractivity contribution in [2.75, 3.05) is 39.5 Å². The molecule has 51 heavy (non-hydrogen) atoms. The lowest BCUT2D eigenvalue weighted by molar-refractivity contribution is -0.150. The van der Waals surface area contributed by atoms with Gasteiger partial charge >= 0.3 is 0 Å². The van der Waals surface area contributed by atoms with Crippen LogP contribution in [0.25, 0.3) is 0 Å². The van der Waals surface area contributed by atoms with E-state index in [-0.39, 0.29) is 53.0 Å². The predicted molar refractivity (Wildman–Crippen MR) is 196 cm³/mol. The Morgan fingerprint density at radius 1 is 0.784 bits per heavy atom. The average Bonchev–Trinajstić information content (AvgIpc) is 3.78. The lowest BCUT2D eigenvalue weighted by Crippen LogP contribution is -2.60. The number of nitrogens with one attached hydrogen (secondary N) is 2. The van der Waals surface area contributed by atoms with Crippen LogP contribution < -0.4 is 10.6 Å². The second kappa shape index (κ2) is 17.3. The van der Waals surface area contributed by atoms with Crippen molar-refractivity contribution in [3.05, 3.63) is 65.7 Å². The summed E-state index contributed by atoms with van der Waals surface area (Å²) in [5, 5.41) is 7.22. The standard InChI is InChI=1S/C39H56N6O6/c1-24(2)32(41-36(47)33(25(3)4)42(7)8)38(49)43(9)34(26(5)6)39(50)44-22-15-20-30(44)35(46)40-29-19-14-13-18-28(29)37(48)45-23-21-31(51-45)27-16-11-10-12-17-27/h10-14,16-19,24-26,30-34H,15,20-23H2,1-9H3,(H,40,46)(H,41,47)/t30-,31?,32-,33-,34-/m0/s1. The van der Waals surface area contributed by atoms with Crippen LogP contribution in [-0.2, 0) is 24.0 Å². The molecule has 0 saturated carbocycles. The largest absolute Gasteiger partial charge is 0.343 e. The highest BCUT2D eigenvalue weighted by molar-refractivity contribution is 6.05. The van der Waals surface area contributed by atoms with Crippen LogP contribution in [0.1, 0.15) is 82.8 Å². The first-order valence-corrected chi connectivity index (χ1v) is 18.1. The van der Waals surface area contributed by atoms with Crippen molar-refractivity contribution in [1.29, 1.82) is 0 Å². The van der Waals surface area contributed by atoms with Gasteiger partial charge in [-0.2, -0.15) is 0 Å². The molecule has 5 amide bonds. The number of nitrogens with zero attached hydrogens (tertiary/aromatic N) is 4. The molecule has 2 aliphatic rings. The fourth-order valence-corrected chi connectivity index (χ4v) is 7.28. The molecule has 2 aliphatic heterocycles. The molecule has 0 spiro atoms. The number of likely N-dealkylation sites (N-methyl/N-ethyl adjacent to an activating group) is 2. The number of likely N-dealkylation sites (tertiary alicyclic amines) is 1. The third kappa shape index (κ3) is 9.15. The summed E-state index contributed by atoms with van der Waals surface area (Å²) < 4.78 is 0. The Morgan fingerprint density at radius 3 is 2.02 bits per heavy atom. The molecule has 2 heterocycles. The summed E-state index contributed by atoms with van der Waals surface area (Å²) >= 11 is 0. The predicted octanol–water partition coefficient (Wildman–Crippen LogP) is 4.34. The lowest BCUT2D eigenvalue weighted by atomic mass is 9.96. The molecular weight excluding hydrogens is 648 g/mol. The van der Waals surface area contributed by atoms with Crippen LogP contribution in [0.3, 0.4) is 0 Å². The van der Waals surface area contributed by atoms with Crippen LogP contribution in [0.5, 0.6) is 0 Å². The molecule has 0 radical (unpaired) electrons. The Bertz CT molecular complexity index is 1540. The molecule has 2 aromatic rings. The van der Waals surface area contributed by atoms with Gasteiger partial charge in [0.05, 0.1) is 23.8 Å². The summed E-state index contributed by atoms with van der Waals surface area (Å²) in [7, 11) is 5.25.